The lowest BCUT2D eigenvalue weighted by Crippen LogP contribution is -1.90. The van der Waals surface area contributed by atoms with E-state index in [1.54, 1.807) is 12.1 Å². The number of benzene rings is 1. The third-order valence-corrected chi connectivity index (χ3v) is 3.29. The van der Waals surface area contributed by atoms with Crippen LogP contribution in [0.3, 0.4) is 0 Å². The van der Waals surface area contributed by atoms with Crippen molar-refractivity contribution in [3.05, 3.63) is 40.5 Å². The number of aromatic hydroxyl groups is 1. The van der Waals surface area contributed by atoms with Crippen molar-refractivity contribution in [3.63, 3.8) is 0 Å². The van der Waals surface area contributed by atoms with E-state index in [4.69, 9.17) is 0 Å². The van der Waals surface area contributed by atoms with Gasteiger partial charge in [-0.1, -0.05) is 18.8 Å². The molecule has 0 unspecified atom stereocenters. The fourth-order valence-corrected chi connectivity index (χ4v) is 2.08. The van der Waals surface area contributed by atoms with Gasteiger partial charge < -0.3 is 5.11 Å². The topological polar surface area (TPSA) is 37.3 Å². The van der Waals surface area contributed by atoms with Crippen LogP contribution in [-0.4, -0.2) is 10.9 Å². The predicted molar refractivity (Wildman–Crippen MR) is 71.3 cm³/mol. The molecule has 2 nitrogen and oxygen atoms in total. The molecule has 2 heteroatoms. The quantitative estimate of drug-likeness (QED) is 0.766. The van der Waals surface area contributed by atoms with E-state index < -0.39 is 0 Å². The van der Waals surface area contributed by atoms with Gasteiger partial charge in [-0.2, -0.15) is 0 Å². The van der Waals surface area contributed by atoms with Crippen LogP contribution in [0.4, 0.5) is 0 Å². The molecule has 0 saturated heterocycles. The van der Waals surface area contributed by atoms with Gasteiger partial charge in [0.15, 0.2) is 5.78 Å². The van der Waals surface area contributed by atoms with Crippen molar-refractivity contribution in [2.75, 3.05) is 0 Å². The summed E-state index contributed by atoms with van der Waals surface area (Å²) in [5, 5.41) is 9.42. The average molecular weight is 240 g/mol. The van der Waals surface area contributed by atoms with Gasteiger partial charge in [0.1, 0.15) is 5.75 Å². The van der Waals surface area contributed by atoms with Crippen LogP contribution in [-0.2, 0) is 11.2 Å². The maximum atomic E-state index is 11.4. The highest BCUT2D eigenvalue weighted by atomic mass is 16.3. The largest absolute Gasteiger partial charge is 0.508 e. The minimum atomic E-state index is 0.209. The highest BCUT2D eigenvalue weighted by molar-refractivity contribution is 5.99. The third-order valence-electron chi connectivity index (χ3n) is 3.29. The number of Topliss-reactive ketones (excluding diaryl/α,β-unsaturated/α-hetero) is 1. The molecule has 2 rings (SSSR count). The van der Waals surface area contributed by atoms with E-state index in [0.29, 0.717) is 6.42 Å². The lowest BCUT2D eigenvalue weighted by molar-refractivity contribution is -0.114. The van der Waals surface area contributed by atoms with E-state index >= 15 is 0 Å². The van der Waals surface area contributed by atoms with E-state index in [0.717, 1.165) is 35.1 Å². The Morgan fingerprint density at radius 3 is 2.67 bits per heavy atom. The van der Waals surface area contributed by atoms with Gasteiger partial charge in [0.2, 0.25) is 0 Å². The zero-order chi connectivity index (χ0) is 13.1. The van der Waals surface area contributed by atoms with E-state index in [9.17, 15) is 9.90 Å². The summed E-state index contributed by atoms with van der Waals surface area (Å²) >= 11 is 0. The number of hydrogen-bond acceptors (Lipinski definition) is 2. The van der Waals surface area contributed by atoms with Crippen LogP contribution in [0.5, 0.6) is 5.75 Å². The first kappa shape index (κ1) is 12.4. The Balaban J connectivity index is 2.34. The molecule has 0 radical (unpaired) electrons. The molecular weight excluding hydrogens is 224 g/mol. The van der Waals surface area contributed by atoms with Crippen LogP contribution in [0.25, 0.3) is 0 Å². The zero-order valence-electron chi connectivity index (χ0n) is 10.7. The molecule has 1 aromatic carbocycles. The van der Waals surface area contributed by atoms with Crippen molar-refractivity contribution < 1.29 is 9.90 Å². The summed E-state index contributed by atoms with van der Waals surface area (Å²) in [7, 11) is 0. The zero-order valence-corrected chi connectivity index (χ0v) is 10.7. The summed E-state index contributed by atoms with van der Waals surface area (Å²) < 4.78 is 0. The lowest BCUT2D eigenvalue weighted by atomic mass is 10.0. The third kappa shape index (κ3) is 2.46. The molecule has 18 heavy (non-hydrogen) atoms. The van der Waals surface area contributed by atoms with E-state index in [1.165, 1.54) is 0 Å². The van der Waals surface area contributed by atoms with Gasteiger partial charge >= 0.3 is 0 Å². The van der Waals surface area contributed by atoms with E-state index in [1.807, 2.05) is 19.9 Å². The minimum Gasteiger partial charge on any atom is -0.508 e. The molecule has 0 heterocycles. The Hall–Kier alpha value is -2.01. The first-order valence-corrected chi connectivity index (χ1v) is 6.18. The summed E-state index contributed by atoms with van der Waals surface area (Å²) in [6.07, 6.45) is 2.18. The molecule has 92 valence electrons. The number of ketones is 1. The van der Waals surface area contributed by atoms with Crippen LogP contribution in [0, 0.1) is 11.8 Å². The Kier molecular flexibility index (Phi) is 3.53. The summed E-state index contributed by atoms with van der Waals surface area (Å²) in [5.41, 5.74) is 3.72. The number of aryl methyl sites for hydroxylation is 1. The van der Waals surface area contributed by atoms with Crippen LogP contribution in [0.15, 0.2) is 29.3 Å². The van der Waals surface area contributed by atoms with Gasteiger partial charge in [-0.05, 0) is 43.5 Å². The van der Waals surface area contributed by atoms with Crippen LogP contribution in [0.2, 0.25) is 0 Å². The second kappa shape index (κ2) is 5.10. The summed E-state index contributed by atoms with van der Waals surface area (Å²) in [5.74, 6) is 6.69. The number of allylic oxidation sites excluding steroid dienone is 2. The van der Waals surface area contributed by atoms with Crippen molar-refractivity contribution in [2.24, 2.45) is 0 Å². The molecule has 1 aliphatic rings. The van der Waals surface area contributed by atoms with Gasteiger partial charge in [-0.25, -0.2) is 0 Å². The minimum absolute atomic E-state index is 0.209. The molecule has 0 amide bonds. The SMILES string of the molecule is CCc1cc(O)ccc1C#CC1=C(C)C(=O)CC1. The molecule has 1 aromatic rings. The van der Waals surface area contributed by atoms with Crippen molar-refractivity contribution in [1.82, 2.24) is 0 Å². The van der Waals surface area contributed by atoms with Gasteiger partial charge in [0, 0.05) is 23.1 Å². The summed E-state index contributed by atoms with van der Waals surface area (Å²) in [6, 6.07) is 5.21. The summed E-state index contributed by atoms with van der Waals surface area (Å²) in [4.78, 5) is 11.4. The first-order valence-electron chi connectivity index (χ1n) is 6.18. The number of hydrogen-bond donors (Lipinski definition) is 1. The molecule has 0 aromatic heterocycles. The van der Waals surface area contributed by atoms with Crippen LogP contribution in [0.1, 0.15) is 37.8 Å². The number of carbonyl (C=O) groups excluding carboxylic acids is 1. The lowest BCUT2D eigenvalue weighted by Gasteiger charge is -2.01. The van der Waals surface area contributed by atoms with E-state index in [-0.39, 0.29) is 11.5 Å². The normalized spacial score (nSPS) is 14.7. The molecule has 0 spiro atoms. The van der Waals surface area contributed by atoms with Crippen molar-refractivity contribution in [1.29, 1.82) is 0 Å². The number of rotatable bonds is 1. The molecule has 0 atom stereocenters. The van der Waals surface area contributed by atoms with Gasteiger partial charge in [0.25, 0.3) is 0 Å². The Morgan fingerprint density at radius 1 is 1.28 bits per heavy atom. The Bertz CT molecular complexity index is 583. The van der Waals surface area contributed by atoms with Gasteiger partial charge in [-0.3, -0.25) is 4.79 Å². The van der Waals surface area contributed by atoms with Gasteiger partial charge in [-0.15, -0.1) is 0 Å². The van der Waals surface area contributed by atoms with Crippen molar-refractivity contribution in [2.45, 2.75) is 33.1 Å². The molecule has 0 aliphatic heterocycles. The predicted octanol–water partition coefficient (Wildman–Crippen LogP) is 2.99. The highest BCUT2D eigenvalue weighted by Gasteiger charge is 2.17. The average Bonchev–Trinajstić information content (AvgIpc) is 2.68. The molecule has 0 fully saturated rings. The van der Waals surface area contributed by atoms with Gasteiger partial charge in [0.05, 0.1) is 0 Å². The molecule has 0 saturated carbocycles. The van der Waals surface area contributed by atoms with E-state index in [2.05, 4.69) is 11.8 Å². The standard InChI is InChI=1S/C16H16O2/c1-3-12-10-15(17)8-6-14(12)5-4-13-7-9-16(18)11(13)2/h6,8,10,17H,3,7,9H2,1-2H3. The van der Waals surface area contributed by atoms with Crippen molar-refractivity contribution >= 4 is 5.78 Å². The fraction of sp³-hybridized carbons (Fsp3) is 0.312. The molecule has 1 aliphatic carbocycles. The second-order valence-electron chi connectivity index (χ2n) is 4.47. The Morgan fingerprint density at radius 2 is 2.06 bits per heavy atom. The van der Waals surface area contributed by atoms with Crippen molar-refractivity contribution in [3.8, 4) is 17.6 Å². The first-order chi connectivity index (χ1) is 8.61. The Labute approximate surface area is 107 Å². The number of phenolic OH excluding ortho intramolecular Hbond substituents is 1. The molecular formula is C16H16O2. The fourth-order valence-electron chi connectivity index (χ4n) is 2.08. The smallest absolute Gasteiger partial charge is 0.159 e. The van der Waals surface area contributed by atoms with Crippen LogP contribution >= 0.6 is 0 Å². The maximum Gasteiger partial charge on any atom is 0.159 e. The number of carbonyl (C=O) groups is 1. The van der Waals surface area contributed by atoms with Crippen LogP contribution < -0.4 is 0 Å². The number of phenols is 1. The second-order valence-corrected chi connectivity index (χ2v) is 4.47. The monoisotopic (exact) mass is 240 g/mol. The highest BCUT2D eigenvalue weighted by Crippen LogP contribution is 2.22. The molecule has 0 bridgehead atoms. The molecule has 1 N–H and O–H groups in total. The summed E-state index contributed by atoms with van der Waals surface area (Å²) in [6.45, 7) is 3.88. The maximum absolute atomic E-state index is 11.4.